The third-order valence-corrected chi connectivity index (χ3v) is 2.15. The minimum Gasteiger partial charge on any atom is -0.399 e. The van der Waals surface area contributed by atoms with Crippen LogP contribution >= 0.6 is 0 Å². The molecule has 0 spiro atoms. The van der Waals surface area contributed by atoms with Crippen LogP contribution in [0.5, 0.6) is 0 Å². The van der Waals surface area contributed by atoms with E-state index in [0.717, 1.165) is 5.56 Å². The molecule has 5 nitrogen and oxygen atoms in total. The summed E-state index contributed by atoms with van der Waals surface area (Å²) in [6.07, 6.45) is 2.97. The van der Waals surface area contributed by atoms with Gasteiger partial charge in [-0.05, 0) is 30.7 Å². The third kappa shape index (κ3) is 4.38. The van der Waals surface area contributed by atoms with Crippen molar-refractivity contribution in [3.63, 3.8) is 0 Å². The van der Waals surface area contributed by atoms with Crippen LogP contribution in [0.2, 0.25) is 0 Å². The second-order valence-corrected chi connectivity index (χ2v) is 3.63. The number of rotatable bonds is 4. The maximum atomic E-state index is 11.4. The number of carbonyl (C=O) groups is 2. The van der Waals surface area contributed by atoms with E-state index in [4.69, 9.17) is 11.5 Å². The predicted molar refractivity (Wildman–Crippen MR) is 66.7 cm³/mol. The van der Waals surface area contributed by atoms with Crippen LogP contribution in [0.4, 0.5) is 5.69 Å². The topological polar surface area (TPSA) is 98.2 Å². The number of amides is 2. The molecule has 1 aromatic rings. The Hall–Kier alpha value is -2.30. The molecule has 5 N–H and O–H groups in total. The number of primary amides is 1. The molecule has 0 saturated carbocycles. The van der Waals surface area contributed by atoms with Crippen molar-refractivity contribution >= 4 is 23.6 Å². The standard InChI is InChI=1S/C12H15N3O2/c1-8(12(14)17)15-11(16)7-4-9-2-5-10(13)6-3-9/h2-8H,13H2,1H3,(H2,14,17)(H,15,16)/b7-4+. The first-order valence-corrected chi connectivity index (χ1v) is 5.12. The van der Waals surface area contributed by atoms with E-state index >= 15 is 0 Å². The fourth-order valence-corrected chi connectivity index (χ4v) is 1.11. The largest absolute Gasteiger partial charge is 0.399 e. The van der Waals surface area contributed by atoms with Gasteiger partial charge in [0.25, 0.3) is 0 Å². The van der Waals surface area contributed by atoms with Crippen LogP contribution in [0.1, 0.15) is 12.5 Å². The van der Waals surface area contributed by atoms with E-state index in [9.17, 15) is 9.59 Å². The number of hydrogen-bond donors (Lipinski definition) is 3. The van der Waals surface area contributed by atoms with Crippen molar-refractivity contribution in [3.8, 4) is 0 Å². The van der Waals surface area contributed by atoms with Crippen LogP contribution < -0.4 is 16.8 Å². The van der Waals surface area contributed by atoms with Crippen molar-refractivity contribution in [1.82, 2.24) is 5.32 Å². The lowest BCUT2D eigenvalue weighted by Gasteiger charge is -2.06. The Morgan fingerprint density at radius 1 is 1.29 bits per heavy atom. The number of hydrogen-bond acceptors (Lipinski definition) is 3. The van der Waals surface area contributed by atoms with Crippen LogP contribution in [0, 0.1) is 0 Å². The van der Waals surface area contributed by atoms with Gasteiger partial charge in [0.05, 0.1) is 0 Å². The summed E-state index contributed by atoms with van der Waals surface area (Å²) >= 11 is 0. The van der Waals surface area contributed by atoms with Crippen molar-refractivity contribution in [1.29, 1.82) is 0 Å². The van der Waals surface area contributed by atoms with E-state index in [1.807, 2.05) is 0 Å². The summed E-state index contributed by atoms with van der Waals surface area (Å²) in [6, 6.07) is 6.37. The van der Waals surface area contributed by atoms with Crippen molar-refractivity contribution in [2.45, 2.75) is 13.0 Å². The molecule has 1 atom stereocenters. The van der Waals surface area contributed by atoms with E-state index in [0.29, 0.717) is 5.69 Å². The lowest BCUT2D eigenvalue weighted by molar-refractivity contribution is -0.124. The SMILES string of the molecule is CC(NC(=O)/C=C/c1ccc(N)cc1)C(N)=O. The number of anilines is 1. The number of nitrogen functional groups attached to an aromatic ring is 1. The van der Waals surface area contributed by atoms with Crippen LogP contribution in [0.15, 0.2) is 30.3 Å². The molecule has 0 aliphatic carbocycles. The van der Waals surface area contributed by atoms with Crippen molar-refractivity contribution in [3.05, 3.63) is 35.9 Å². The highest BCUT2D eigenvalue weighted by Gasteiger charge is 2.09. The maximum absolute atomic E-state index is 11.4. The van der Waals surface area contributed by atoms with E-state index in [-0.39, 0.29) is 5.91 Å². The van der Waals surface area contributed by atoms with Gasteiger partial charge >= 0.3 is 0 Å². The average molecular weight is 233 g/mol. The van der Waals surface area contributed by atoms with E-state index < -0.39 is 11.9 Å². The molecule has 0 aromatic heterocycles. The van der Waals surface area contributed by atoms with Crippen LogP contribution in [0.3, 0.4) is 0 Å². The zero-order chi connectivity index (χ0) is 12.8. The molecule has 17 heavy (non-hydrogen) atoms. The molecular weight excluding hydrogens is 218 g/mol. The lowest BCUT2D eigenvalue weighted by Crippen LogP contribution is -2.41. The summed E-state index contributed by atoms with van der Waals surface area (Å²) in [5.74, 6) is -0.938. The highest BCUT2D eigenvalue weighted by atomic mass is 16.2. The summed E-state index contributed by atoms with van der Waals surface area (Å²) in [5, 5.41) is 2.44. The van der Waals surface area contributed by atoms with Gasteiger partial charge in [-0.15, -0.1) is 0 Å². The minimum atomic E-state index is -0.682. The van der Waals surface area contributed by atoms with Gasteiger partial charge in [-0.2, -0.15) is 0 Å². The second-order valence-electron chi connectivity index (χ2n) is 3.63. The Morgan fingerprint density at radius 2 is 1.88 bits per heavy atom. The zero-order valence-corrected chi connectivity index (χ0v) is 9.51. The quantitative estimate of drug-likeness (QED) is 0.514. The Bertz CT molecular complexity index is 438. The zero-order valence-electron chi connectivity index (χ0n) is 9.51. The van der Waals surface area contributed by atoms with Gasteiger partial charge in [0.2, 0.25) is 11.8 Å². The number of nitrogens with one attached hydrogen (secondary N) is 1. The molecule has 1 unspecified atom stereocenters. The van der Waals surface area contributed by atoms with Gasteiger partial charge in [-0.1, -0.05) is 12.1 Å². The number of benzene rings is 1. The van der Waals surface area contributed by atoms with Crippen molar-refractivity contribution in [2.24, 2.45) is 5.73 Å². The van der Waals surface area contributed by atoms with Gasteiger partial charge < -0.3 is 16.8 Å². The molecule has 5 heteroatoms. The molecule has 0 radical (unpaired) electrons. The van der Waals surface area contributed by atoms with Gasteiger partial charge in [0, 0.05) is 11.8 Å². The van der Waals surface area contributed by atoms with Gasteiger partial charge in [0.15, 0.2) is 0 Å². The number of carbonyl (C=O) groups excluding carboxylic acids is 2. The first kappa shape index (κ1) is 12.8. The molecule has 1 rings (SSSR count). The molecule has 0 bridgehead atoms. The fourth-order valence-electron chi connectivity index (χ4n) is 1.11. The predicted octanol–water partition coefficient (Wildman–Crippen LogP) is 0.272. The molecule has 90 valence electrons. The second kappa shape index (κ2) is 5.69. The molecule has 0 fully saturated rings. The van der Waals surface area contributed by atoms with Crippen LogP contribution in [-0.4, -0.2) is 17.9 Å². The average Bonchev–Trinajstić information content (AvgIpc) is 2.28. The molecule has 0 heterocycles. The number of nitrogens with two attached hydrogens (primary N) is 2. The van der Waals surface area contributed by atoms with Gasteiger partial charge in [-0.3, -0.25) is 9.59 Å². The summed E-state index contributed by atoms with van der Waals surface area (Å²) in [7, 11) is 0. The fraction of sp³-hybridized carbons (Fsp3) is 0.167. The minimum absolute atomic E-state index is 0.367. The van der Waals surface area contributed by atoms with Crippen LogP contribution in [0.25, 0.3) is 6.08 Å². The van der Waals surface area contributed by atoms with E-state index in [2.05, 4.69) is 5.32 Å². The van der Waals surface area contributed by atoms with Crippen molar-refractivity contribution < 1.29 is 9.59 Å². The molecule has 2 amide bonds. The molecule has 0 aliphatic rings. The summed E-state index contributed by atoms with van der Waals surface area (Å²) in [4.78, 5) is 22.1. The molecular formula is C12H15N3O2. The molecule has 0 aliphatic heterocycles. The normalized spacial score (nSPS) is 12.3. The lowest BCUT2D eigenvalue weighted by atomic mass is 10.2. The highest BCUT2D eigenvalue weighted by molar-refractivity contribution is 5.95. The Balaban J connectivity index is 2.56. The third-order valence-electron chi connectivity index (χ3n) is 2.15. The molecule has 1 aromatic carbocycles. The molecule has 0 saturated heterocycles. The maximum Gasteiger partial charge on any atom is 0.244 e. The Labute approximate surface area is 99.5 Å². The van der Waals surface area contributed by atoms with Crippen LogP contribution in [-0.2, 0) is 9.59 Å². The Kier molecular flexibility index (Phi) is 4.28. The van der Waals surface area contributed by atoms with Gasteiger partial charge in [0.1, 0.15) is 6.04 Å². The Morgan fingerprint density at radius 3 is 2.41 bits per heavy atom. The first-order chi connectivity index (χ1) is 7.99. The van der Waals surface area contributed by atoms with Gasteiger partial charge in [-0.25, -0.2) is 0 Å². The summed E-state index contributed by atoms with van der Waals surface area (Å²) in [5.41, 5.74) is 12.1. The summed E-state index contributed by atoms with van der Waals surface area (Å²) < 4.78 is 0. The summed E-state index contributed by atoms with van der Waals surface area (Å²) in [6.45, 7) is 1.53. The van der Waals surface area contributed by atoms with Crippen molar-refractivity contribution in [2.75, 3.05) is 5.73 Å². The van der Waals surface area contributed by atoms with E-state index in [1.165, 1.54) is 13.0 Å². The van der Waals surface area contributed by atoms with E-state index in [1.54, 1.807) is 30.3 Å². The monoisotopic (exact) mass is 233 g/mol. The smallest absolute Gasteiger partial charge is 0.244 e. The first-order valence-electron chi connectivity index (χ1n) is 5.12. The highest BCUT2D eigenvalue weighted by Crippen LogP contribution is 2.06.